The Hall–Kier alpha value is -1.65. The van der Waals surface area contributed by atoms with Crippen LogP contribution in [0.15, 0.2) is 29.4 Å². The van der Waals surface area contributed by atoms with Gasteiger partial charge in [-0.3, -0.25) is 0 Å². The predicted octanol–water partition coefficient (Wildman–Crippen LogP) is 1.90. The summed E-state index contributed by atoms with van der Waals surface area (Å²) in [5, 5.41) is 2.97. The number of para-hydroxylation sites is 1. The molecule has 1 aromatic rings. The molecule has 0 saturated carbocycles. The van der Waals surface area contributed by atoms with Gasteiger partial charge < -0.3 is 4.74 Å². The van der Waals surface area contributed by atoms with Crippen LogP contribution in [-0.4, -0.2) is 12.8 Å². The number of hydrogen-bond donors (Lipinski definition) is 0. The van der Waals surface area contributed by atoms with Crippen LogP contribution in [0.3, 0.4) is 0 Å². The van der Waals surface area contributed by atoms with Crippen LogP contribution in [0.2, 0.25) is 0 Å². The number of halogens is 2. The molecule has 1 radical (unpaired) electrons. The summed E-state index contributed by atoms with van der Waals surface area (Å²) < 4.78 is 27.8. The zero-order chi connectivity index (χ0) is 9.68. The first-order valence-electron chi connectivity index (χ1n) is 3.47. The molecule has 0 aliphatic heterocycles. The second kappa shape index (κ2) is 4.39. The molecule has 0 fully saturated rings. The first-order chi connectivity index (χ1) is 6.24. The second-order valence-corrected chi connectivity index (χ2v) is 2.17. The zero-order valence-electron chi connectivity index (χ0n) is 6.58. The van der Waals surface area contributed by atoms with Crippen LogP contribution < -0.4 is 10.6 Å². The minimum absolute atomic E-state index is 0.0218. The van der Waals surface area contributed by atoms with Gasteiger partial charge >= 0.3 is 6.61 Å². The van der Waals surface area contributed by atoms with Gasteiger partial charge in [-0.05, 0) is 12.1 Å². The Kier molecular flexibility index (Phi) is 3.19. The van der Waals surface area contributed by atoms with Crippen LogP contribution in [-0.2, 0) is 0 Å². The first kappa shape index (κ1) is 9.44. The summed E-state index contributed by atoms with van der Waals surface area (Å²) in [7, 11) is 0. The van der Waals surface area contributed by atoms with E-state index >= 15 is 0 Å². The van der Waals surface area contributed by atoms with Gasteiger partial charge in [0.1, 0.15) is 5.75 Å². The lowest BCUT2D eigenvalue weighted by Crippen LogP contribution is -2.04. The van der Waals surface area contributed by atoms with Gasteiger partial charge in [0.25, 0.3) is 0 Å². The number of ether oxygens (including phenoxy) is 1. The van der Waals surface area contributed by atoms with Crippen LogP contribution in [0.25, 0.3) is 0 Å². The van der Waals surface area contributed by atoms with Crippen molar-refractivity contribution in [2.75, 3.05) is 0 Å². The summed E-state index contributed by atoms with van der Waals surface area (Å²) in [5.74, 6) is 6.57. The number of nitrogens with zero attached hydrogens (tertiary/aromatic N) is 1. The van der Waals surface area contributed by atoms with E-state index in [-0.39, 0.29) is 5.75 Å². The fraction of sp³-hybridized carbons (Fsp3) is 0.125. The summed E-state index contributed by atoms with van der Waals surface area (Å²) in [6, 6.07) is 6.15. The molecule has 0 amide bonds. The predicted molar refractivity (Wildman–Crippen MR) is 43.8 cm³/mol. The summed E-state index contributed by atoms with van der Waals surface area (Å²) in [4.78, 5) is 0. The molecule has 13 heavy (non-hydrogen) atoms. The zero-order valence-corrected chi connectivity index (χ0v) is 6.58. The number of hydrogen-bond acceptors (Lipinski definition) is 2. The molecule has 1 N–H and O–H groups in total. The minimum Gasteiger partial charge on any atom is -0.434 e. The van der Waals surface area contributed by atoms with Crippen LogP contribution in [0.5, 0.6) is 5.75 Å². The minimum atomic E-state index is -2.86. The second-order valence-electron chi connectivity index (χ2n) is 2.17. The SMILES string of the molecule is [NH]/N=C\c1ccccc1OC(F)F. The Morgan fingerprint density at radius 2 is 2.08 bits per heavy atom. The van der Waals surface area contributed by atoms with Crippen LogP contribution in [0, 0.1) is 0 Å². The molecule has 0 spiro atoms. The van der Waals surface area contributed by atoms with Gasteiger partial charge in [0.2, 0.25) is 0 Å². The molecule has 0 saturated heterocycles. The lowest BCUT2D eigenvalue weighted by atomic mass is 10.2. The van der Waals surface area contributed by atoms with Gasteiger partial charge in [-0.1, -0.05) is 12.1 Å². The molecule has 0 aromatic heterocycles. The summed E-state index contributed by atoms with van der Waals surface area (Å²) in [5.41, 5.74) is 0.359. The maximum Gasteiger partial charge on any atom is 0.387 e. The Bertz CT molecular complexity index is 302. The van der Waals surface area contributed by atoms with Crippen molar-refractivity contribution >= 4 is 6.21 Å². The molecule has 0 heterocycles. The van der Waals surface area contributed by atoms with Crippen molar-refractivity contribution in [1.82, 2.24) is 5.84 Å². The first-order valence-corrected chi connectivity index (χ1v) is 3.47. The molecule has 5 heteroatoms. The number of nitrogens with one attached hydrogen (secondary N) is 1. The molecule has 69 valence electrons. The van der Waals surface area contributed by atoms with Gasteiger partial charge in [0.15, 0.2) is 0 Å². The van der Waals surface area contributed by atoms with E-state index in [0.29, 0.717) is 5.56 Å². The van der Waals surface area contributed by atoms with Gasteiger partial charge in [0.05, 0.1) is 6.21 Å². The lowest BCUT2D eigenvalue weighted by Gasteiger charge is -2.06. The third-order valence-corrected chi connectivity index (χ3v) is 1.34. The van der Waals surface area contributed by atoms with Gasteiger partial charge in [-0.25, -0.2) is 5.84 Å². The van der Waals surface area contributed by atoms with Crippen molar-refractivity contribution in [1.29, 1.82) is 0 Å². The smallest absolute Gasteiger partial charge is 0.387 e. The van der Waals surface area contributed by atoms with Crippen molar-refractivity contribution in [3.8, 4) is 5.75 Å². The summed E-state index contributed by atoms with van der Waals surface area (Å²) in [6.07, 6.45) is 1.14. The highest BCUT2D eigenvalue weighted by atomic mass is 19.3. The third kappa shape index (κ3) is 2.70. The van der Waals surface area contributed by atoms with Gasteiger partial charge in [0, 0.05) is 5.56 Å². The number of rotatable bonds is 3. The fourth-order valence-electron chi connectivity index (χ4n) is 0.860. The van der Waals surface area contributed by atoms with Gasteiger partial charge in [-0.15, -0.1) is 0 Å². The molecule has 0 aliphatic rings. The monoisotopic (exact) mass is 185 g/mol. The number of alkyl halides is 2. The lowest BCUT2D eigenvalue weighted by molar-refractivity contribution is -0.0499. The molecule has 0 bridgehead atoms. The molecule has 3 nitrogen and oxygen atoms in total. The molecule has 1 aromatic carbocycles. The van der Waals surface area contributed by atoms with Gasteiger partial charge in [-0.2, -0.15) is 13.9 Å². The Morgan fingerprint density at radius 1 is 1.38 bits per heavy atom. The van der Waals surface area contributed by atoms with E-state index in [1.165, 1.54) is 12.1 Å². The standard InChI is InChI=1S/C8H7F2N2O/c9-8(10)13-7-4-2-1-3-6(7)5-12-11/h1-5,8,11H/b12-5-. The highest BCUT2D eigenvalue weighted by Crippen LogP contribution is 2.17. The molecular weight excluding hydrogens is 178 g/mol. The van der Waals surface area contributed by atoms with Crippen molar-refractivity contribution < 1.29 is 13.5 Å². The molecule has 0 aliphatic carbocycles. The Morgan fingerprint density at radius 3 is 2.69 bits per heavy atom. The third-order valence-electron chi connectivity index (χ3n) is 1.34. The molecule has 0 atom stereocenters. The highest BCUT2D eigenvalue weighted by molar-refractivity contribution is 5.83. The summed E-state index contributed by atoms with van der Waals surface area (Å²) >= 11 is 0. The Labute approximate surface area is 73.8 Å². The van der Waals surface area contributed by atoms with Crippen LogP contribution in [0.4, 0.5) is 8.78 Å². The van der Waals surface area contributed by atoms with E-state index in [1.54, 1.807) is 12.1 Å². The van der Waals surface area contributed by atoms with Crippen molar-refractivity contribution in [2.24, 2.45) is 5.10 Å². The normalized spacial score (nSPS) is 11.0. The molecule has 0 unspecified atom stereocenters. The van der Waals surface area contributed by atoms with E-state index in [2.05, 4.69) is 9.84 Å². The maximum absolute atomic E-state index is 11.8. The Balaban J connectivity index is 2.90. The summed E-state index contributed by atoms with van der Waals surface area (Å²) in [6.45, 7) is -2.86. The van der Waals surface area contributed by atoms with Crippen molar-refractivity contribution in [3.05, 3.63) is 29.8 Å². The van der Waals surface area contributed by atoms with E-state index in [4.69, 9.17) is 5.84 Å². The average Bonchev–Trinajstić information content (AvgIpc) is 2.08. The van der Waals surface area contributed by atoms with Crippen LogP contribution in [0.1, 0.15) is 5.56 Å². The largest absolute Gasteiger partial charge is 0.434 e. The molecule has 1 rings (SSSR count). The molecular formula is C8H7F2N2O. The van der Waals surface area contributed by atoms with Crippen molar-refractivity contribution in [2.45, 2.75) is 6.61 Å². The fourth-order valence-corrected chi connectivity index (χ4v) is 0.860. The van der Waals surface area contributed by atoms with E-state index < -0.39 is 6.61 Å². The quantitative estimate of drug-likeness (QED) is 0.524. The van der Waals surface area contributed by atoms with Crippen LogP contribution >= 0.6 is 0 Å². The highest BCUT2D eigenvalue weighted by Gasteiger charge is 2.06. The van der Waals surface area contributed by atoms with E-state index in [9.17, 15) is 8.78 Å². The topological polar surface area (TPSA) is 45.4 Å². The average molecular weight is 185 g/mol. The van der Waals surface area contributed by atoms with E-state index in [1.807, 2.05) is 0 Å². The number of benzene rings is 1. The van der Waals surface area contributed by atoms with Crippen molar-refractivity contribution in [3.63, 3.8) is 0 Å². The van der Waals surface area contributed by atoms with E-state index in [0.717, 1.165) is 6.21 Å². The maximum atomic E-state index is 11.8.